The van der Waals surface area contributed by atoms with Gasteiger partial charge in [-0.3, -0.25) is 4.79 Å². The zero-order valence-electron chi connectivity index (χ0n) is 10.0. The maximum atomic E-state index is 12.4. The number of benzene rings is 1. The van der Waals surface area contributed by atoms with E-state index in [-0.39, 0.29) is 5.91 Å². The fourth-order valence-electron chi connectivity index (χ4n) is 2.23. The molecule has 4 nitrogen and oxygen atoms in total. The van der Waals surface area contributed by atoms with Crippen molar-refractivity contribution in [2.24, 2.45) is 0 Å². The van der Waals surface area contributed by atoms with E-state index in [1.807, 2.05) is 19.1 Å². The van der Waals surface area contributed by atoms with E-state index >= 15 is 0 Å². The largest absolute Gasteiger partial charge is 0.480 e. The molecule has 1 aliphatic rings. The van der Waals surface area contributed by atoms with Crippen molar-refractivity contribution >= 4 is 34.5 Å². The number of amides is 1. The Morgan fingerprint density at radius 2 is 2.17 bits per heavy atom. The normalized spacial score (nSPS) is 19.0. The summed E-state index contributed by atoms with van der Waals surface area (Å²) in [5.74, 6) is -1.09. The van der Waals surface area contributed by atoms with Crippen molar-refractivity contribution in [1.29, 1.82) is 0 Å². The molecule has 0 saturated carbocycles. The number of nitrogens with zero attached hydrogens (tertiary/aromatic N) is 1. The van der Waals surface area contributed by atoms with Crippen molar-refractivity contribution in [2.45, 2.75) is 25.8 Å². The molecule has 1 atom stereocenters. The fraction of sp³-hybridized carbons (Fsp3) is 0.385. The molecular weight excluding hydrogens is 345 g/mol. The molecule has 0 spiro atoms. The van der Waals surface area contributed by atoms with Crippen LogP contribution < -0.4 is 0 Å². The number of hydrogen-bond donors (Lipinski definition) is 1. The smallest absolute Gasteiger partial charge is 0.326 e. The highest BCUT2D eigenvalue weighted by Crippen LogP contribution is 2.24. The maximum absolute atomic E-state index is 12.4. The van der Waals surface area contributed by atoms with Crippen molar-refractivity contribution in [1.82, 2.24) is 4.90 Å². The highest BCUT2D eigenvalue weighted by Gasteiger charge is 2.34. The quantitative estimate of drug-likeness (QED) is 0.825. The predicted octanol–water partition coefficient (Wildman–Crippen LogP) is 2.29. The summed E-state index contributed by atoms with van der Waals surface area (Å²) in [6, 6.07) is 4.86. The number of carbonyl (C=O) groups excluding carboxylic acids is 1. The monoisotopic (exact) mass is 359 g/mol. The van der Waals surface area contributed by atoms with E-state index in [1.165, 1.54) is 4.90 Å². The Hall–Kier alpha value is -1.11. The van der Waals surface area contributed by atoms with Crippen molar-refractivity contribution in [2.75, 3.05) is 6.54 Å². The van der Waals surface area contributed by atoms with E-state index in [2.05, 4.69) is 22.6 Å². The summed E-state index contributed by atoms with van der Waals surface area (Å²) in [5, 5.41) is 9.11. The van der Waals surface area contributed by atoms with Gasteiger partial charge in [0.25, 0.3) is 5.91 Å². The molecule has 1 aliphatic heterocycles. The van der Waals surface area contributed by atoms with Gasteiger partial charge in [-0.1, -0.05) is 12.1 Å². The van der Waals surface area contributed by atoms with Crippen LogP contribution in [0.1, 0.15) is 28.8 Å². The van der Waals surface area contributed by atoms with Gasteiger partial charge in [0.1, 0.15) is 6.04 Å². The summed E-state index contributed by atoms with van der Waals surface area (Å²) in [6.45, 7) is 2.47. The molecule has 2 rings (SSSR count). The Labute approximate surface area is 119 Å². The lowest BCUT2D eigenvalue weighted by Crippen LogP contribution is -2.40. The second kappa shape index (κ2) is 5.26. The topological polar surface area (TPSA) is 57.6 Å². The minimum absolute atomic E-state index is 0.173. The number of carboxylic acids is 1. The minimum atomic E-state index is -0.913. The molecule has 1 heterocycles. The predicted molar refractivity (Wildman–Crippen MR) is 75.6 cm³/mol. The highest BCUT2D eigenvalue weighted by atomic mass is 127. The molecule has 0 radical (unpaired) electrons. The summed E-state index contributed by atoms with van der Waals surface area (Å²) in [5.41, 5.74) is 1.64. The number of rotatable bonds is 2. The van der Waals surface area contributed by atoms with E-state index in [0.29, 0.717) is 18.5 Å². The molecule has 1 aromatic rings. The highest BCUT2D eigenvalue weighted by molar-refractivity contribution is 14.1. The zero-order chi connectivity index (χ0) is 13.3. The van der Waals surface area contributed by atoms with Gasteiger partial charge in [-0.15, -0.1) is 0 Å². The van der Waals surface area contributed by atoms with Gasteiger partial charge >= 0.3 is 5.97 Å². The molecule has 96 valence electrons. The van der Waals surface area contributed by atoms with Crippen LogP contribution in [0.25, 0.3) is 0 Å². The van der Waals surface area contributed by atoms with Gasteiger partial charge in [0.05, 0.1) is 5.56 Å². The fourth-order valence-corrected chi connectivity index (χ4v) is 2.82. The van der Waals surface area contributed by atoms with Crippen LogP contribution >= 0.6 is 22.6 Å². The Balaban J connectivity index is 2.31. The average molecular weight is 359 g/mol. The zero-order valence-corrected chi connectivity index (χ0v) is 12.2. The lowest BCUT2D eigenvalue weighted by Gasteiger charge is -2.22. The first-order chi connectivity index (χ1) is 8.52. The van der Waals surface area contributed by atoms with Crippen molar-refractivity contribution in [3.8, 4) is 0 Å². The molecule has 1 unspecified atom stereocenters. The van der Waals surface area contributed by atoms with E-state index in [9.17, 15) is 9.59 Å². The minimum Gasteiger partial charge on any atom is -0.480 e. The number of carbonyl (C=O) groups is 2. The summed E-state index contributed by atoms with van der Waals surface area (Å²) < 4.78 is 0.899. The van der Waals surface area contributed by atoms with Crippen molar-refractivity contribution < 1.29 is 14.7 Å². The van der Waals surface area contributed by atoms with Crippen LogP contribution in [0.3, 0.4) is 0 Å². The number of halogens is 1. The van der Waals surface area contributed by atoms with Gasteiger partial charge in [0.2, 0.25) is 0 Å². The first-order valence-electron chi connectivity index (χ1n) is 5.81. The molecule has 1 saturated heterocycles. The second-order valence-electron chi connectivity index (χ2n) is 4.43. The molecule has 0 aliphatic carbocycles. The van der Waals surface area contributed by atoms with Crippen LogP contribution in [0.4, 0.5) is 0 Å². The maximum Gasteiger partial charge on any atom is 0.326 e. The van der Waals surface area contributed by atoms with Crippen LogP contribution in [0.15, 0.2) is 18.2 Å². The number of aryl methyl sites for hydroxylation is 1. The Morgan fingerprint density at radius 3 is 2.83 bits per heavy atom. The third-order valence-electron chi connectivity index (χ3n) is 3.22. The summed E-state index contributed by atoms with van der Waals surface area (Å²) in [7, 11) is 0. The Kier molecular flexibility index (Phi) is 3.89. The van der Waals surface area contributed by atoms with Gasteiger partial charge in [-0.2, -0.15) is 0 Å². The van der Waals surface area contributed by atoms with E-state index < -0.39 is 12.0 Å². The summed E-state index contributed by atoms with van der Waals surface area (Å²) >= 11 is 2.14. The lowest BCUT2D eigenvalue weighted by atomic mass is 10.1. The standard InChI is InChI=1S/C13H14INO3/c1-8-4-2-5-9(11(8)14)12(16)15-7-3-6-10(15)13(17)18/h2,4-5,10H,3,6-7H2,1H3,(H,17,18). The number of likely N-dealkylation sites (tertiary alicyclic amines) is 1. The van der Waals surface area contributed by atoms with Crippen molar-refractivity contribution in [3.05, 3.63) is 32.9 Å². The lowest BCUT2D eigenvalue weighted by molar-refractivity contribution is -0.141. The number of carboxylic acid groups (broad SMARTS) is 1. The average Bonchev–Trinajstić information content (AvgIpc) is 2.81. The third-order valence-corrected chi connectivity index (χ3v) is 4.65. The third kappa shape index (κ3) is 2.36. The molecular formula is C13H14INO3. The summed E-state index contributed by atoms with van der Waals surface area (Å²) in [6.07, 6.45) is 1.30. The SMILES string of the molecule is Cc1cccc(C(=O)N2CCCC2C(=O)O)c1I. The molecule has 5 heteroatoms. The van der Waals surface area contributed by atoms with Crippen LogP contribution in [-0.2, 0) is 4.79 Å². The van der Waals surface area contributed by atoms with Crippen molar-refractivity contribution in [3.63, 3.8) is 0 Å². The van der Waals surface area contributed by atoms with E-state index in [1.54, 1.807) is 6.07 Å². The summed E-state index contributed by atoms with van der Waals surface area (Å²) in [4.78, 5) is 25.0. The Bertz CT molecular complexity index is 501. The van der Waals surface area contributed by atoms with E-state index in [4.69, 9.17) is 5.11 Å². The first kappa shape index (κ1) is 13.3. The Morgan fingerprint density at radius 1 is 1.44 bits per heavy atom. The van der Waals surface area contributed by atoms with Crippen LogP contribution in [0.5, 0.6) is 0 Å². The molecule has 1 fully saturated rings. The molecule has 1 aromatic carbocycles. The number of hydrogen-bond acceptors (Lipinski definition) is 2. The van der Waals surface area contributed by atoms with E-state index in [0.717, 1.165) is 15.6 Å². The molecule has 0 bridgehead atoms. The van der Waals surface area contributed by atoms with Crippen LogP contribution in [0, 0.1) is 10.5 Å². The molecule has 0 aromatic heterocycles. The van der Waals surface area contributed by atoms with Crippen LogP contribution in [-0.4, -0.2) is 34.5 Å². The van der Waals surface area contributed by atoms with Gasteiger partial charge in [0, 0.05) is 10.1 Å². The molecule has 1 amide bonds. The molecule has 1 N–H and O–H groups in total. The van der Waals surface area contributed by atoms with Gasteiger partial charge in [-0.25, -0.2) is 4.79 Å². The second-order valence-corrected chi connectivity index (χ2v) is 5.51. The number of aliphatic carboxylic acids is 1. The van der Waals surface area contributed by atoms with Gasteiger partial charge < -0.3 is 10.0 Å². The first-order valence-corrected chi connectivity index (χ1v) is 6.89. The van der Waals surface area contributed by atoms with Gasteiger partial charge in [-0.05, 0) is 54.0 Å². The molecule has 18 heavy (non-hydrogen) atoms. The van der Waals surface area contributed by atoms with Gasteiger partial charge in [0.15, 0.2) is 0 Å². The van der Waals surface area contributed by atoms with Crippen LogP contribution in [0.2, 0.25) is 0 Å².